The highest BCUT2D eigenvalue weighted by molar-refractivity contribution is 5.95. The lowest BCUT2D eigenvalue weighted by molar-refractivity contribution is -0.137. The number of hydrogen-bond donors (Lipinski definition) is 0. The predicted molar refractivity (Wildman–Crippen MR) is 111 cm³/mol. The average Bonchev–Trinajstić information content (AvgIpc) is 3.10. The summed E-state index contributed by atoms with van der Waals surface area (Å²) in [6, 6.07) is 0. The number of carbonyl (C=O) groups is 3. The summed E-state index contributed by atoms with van der Waals surface area (Å²) in [6.07, 6.45) is 2.26. The molecule has 3 heterocycles. The van der Waals surface area contributed by atoms with Gasteiger partial charge < -0.3 is 19.4 Å². The van der Waals surface area contributed by atoms with E-state index in [0.29, 0.717) is 51.4 Å². The standard InChI is InChI=1S/C21H33N5O4/c1-5-24(6-2)20(28)15-8-7-10-26(12-15)21(29)19-16-13-25(18(27)14-30-4)11-9-17(16)23(3)22-19/h15H,5-14H2,1-4H3/t15-/m1/s1. The summed E-state index contributed by atoms with van der Waals surface area (Å²) in [7, 11) is 3.34. The Morgan fingerprint density at radius 2 is 1.90 bits per heavy atom. The van der Waals surface area contributed by atoms with Gasteiger partial charge in [-0.2, -0.15) is 5.10 Å². The van der Waals surface area contributed by atoms with E-state index in [9.17, 15) is 14.4 Å². The van der Waals surface area contributed by atoms with Gasteiger partial charge in [0.05, 0.1) is 5.92 Å². The number of methoxy groups -OCH3 is 1. The first-order chi connectivity index (χ1) is 14.4. The summed E-state index contributed by atoms with van der Waals surface area (Å²) in [5.41, 5.74) is 2.21. The van der Waals surface area contributed by atoms with Crippen LogP contribution in [0.2, 0.25) is 0 Å². The summed E-state index contributed by atoms with van der Waals surface area (Å²) in [6.45, 7) is 7.34. The predicted octanol–water partition coefficient (Wildman–Crippen LogP) is 0.672. The number of likely N-dealkylation sites (tertiary alicyclic amines) is 1. The lowest BCUT2D eigenvalue weighted by atomic mass is 9.95. The van der Waals surface area contributed by atoms with Crippen LogP contribution in [0.15, 0.2) is 0 Å². The van der Waals surface area contributed by atoms with Crippen LogP contribution in [0.1, 0.15) is 48.4 Å². The molecule has 0 aliphatic carbocycles. The Balaban J connectivity index is 1.77. The fourth-order valence-electron chi connectivity index (χ4n) is 4.50. The second-order valence-electron chi connectivity index (χ2n) is 8.00. The molecule has 0 unspecified atom stereocenters. The Kier molecular flexibility index (Phi) is 7.12. The number of amides is 3. The molecular weight excluding hydrogens is 386 g/mol. The van der Waals surface area contributed by atoms with E-state index in [1.807, 2.05) is 25.8 Å². The molecule has 9 nitrogen and oxygen atoms in total. The molecule has 1 aromatic heterocycles. The zero-order valence-corrected chi connectivity index (χ0v) is 18.5. The number of aryl methyl sites for hydroxylation is 1. The first-order valence-electron chi connectivity index (χ1n) is 10.8. The number of piperidine rings is 1. The smallest absolute Gasteiger partial charge is 0.274 e. The molecule has 0 radical (unpaired) electrons. The Labute approximate surface area is 177 Å². The molecule has 0 bridgehead atoms. The zero-order valence-electron chi connectivity index (χ0n) is 18.5. The third-order valence-corrected chi connectivity index (χ3v) is 6.20. The van der Waals surface area contributed by atoms with Crippen LogP contribution in [0.25, 0.3) is 0 Å². The van der Waals surface area contributed by atoms with Crippen molar-refractivity contribution in [3.63, 3.8) is 0 Å². The van der Waals surface area contributed by atoms with Crippen molar-refractivity contribution in [2.45, 2.75) is 39.7 Å². The number of rotatable bonds is 6. The minimum atomic E-state index is -0.165. The van der Waals surface area contributed by atoms with Gasteiger partial charge in [0, 0.05) is 71.1 Å². The minimum Gasteiger partial charge on any atom is -0.375 e. The van der Waals surface area contributed by atoms with Crippen molar-refractivity contribution in [2.24, 2.45) is 13.0 Å². The molecule has 1 aromatic rings. The minimum absolute atomic E-state index is 0.0279. The third kappa shape index (κ3) is 4.35. The Hall–Kier alpha value is -2.42. The van der Waals surface area contributed by atoms with Gasteiger partial charge in [-0.25, -0.2) is 0 Å². The summed E-state index contributed by atoms with van der Waals surface area (Å²) in [5.74, 6) is -0.281. The lowest BCUT2D eigenvalue weighted by Gasteiger charge is -2.34. The van der Waals surface area contributed by atoms with Gasteiger partial charge in [-0.15, -0.1) is 0 Å². The molecule has 1 atom stereocenters. The van der Waals surface area contributed by atoms with Crippen LogP contribution < -0.4 is 0 Å². The highest BCUT2D eigenvalue weighted by Gasteiger charge is 2.35. The van der Waals surface area contributed by atoms with Gasteiger partial charge in [-0.1, -0.05) is 0 Å². The molecule has 0 N–H and O–H groups in total. The average molecular weight is 420 g/mol. The van der Waals surface area contributed by atoms with Crippen molar-refractivity contribution in [2.75, 3.05) is 46.4 Å². The Morgan fingerprint density at radius 1 is 1.17 bits per heavy atom. The van der Waals surface area contributed by atoms with Gasteiger partial charge >= 0.3 is 0 Å². The maximum atomic E-state index is 13.4. The molecule has 2 aliphatic heterocycles. The van der Waals surface area contributed by atoms with E-state index in [1.54, 1.807) is 14.5 Å². The number of aromatic nitrogens is 2. The van der Waals surface area contributed by atoms with Crippen LogP contribution in [0.5, 0.6) is 0 Å². The number of fused-ring (bicyclic) bond motifs is 1. The molecule has 3 rings (SSSR count). The lowest BCUT2D eigenvalue weighted by Crippen LogP contribution is -2.47. The van der Waals surface area contributed by atoms with Gasteiger partial charge in [0.2, 0.25) is 11.8 Å². The maximum absolute atomic E-state index is 13.4. The molecule has 2 aliphatic rings. The number of carbonyl (C=O) groups excluding carboxylic acids is 3. The second kappa shape index (κ2) is 9.59. The fourth-order valence-corrected chi connectivity index (χ4v) is 4.50. The molecule has 1 fully saturated rings. The number of ether oxygens (including phenoxy) is 1. The van der Waals surface area contributed by atoms with Gasteiger partial charge in [-0.3, -0.25) is 19.1 Å². The van der Waals surface area contributed by atoms with Crippen LogP contribution in [0, 0.1) is 5.92 Å². The number of nitrogens with zero attached hydrogens (tertiary/aromatic N) is 5. The van der Waals surface area contributed by atoms with Crippen molar-refractivity contribution in [3.8, 4) is 0 Å². The molecule has 166 valence electrons. The van der Waals surface area contributed by atoms with E-state index in [0.717, 1.165) is 24.1 Å². The highest BCUT2D eigenvalue weighted by Crippen LogP contribution is 2.26. The van der Waals surface area contributed by atoms with Crippen LogP contribution in [0.4, 0.5) is 0 Å². The van der Waals surface area contributed by atoms with E-state index in [-0.39, 0.29) is 30.2 Å². The Morgan fingerprint density at radius 3 is 2.57 bits per heavy atom. The summed E-state index contributed by atoms with van der Waals surface area (Å²) in [5, 5.41) is 4.51. The first kappa shape index (κ1) is 22.3. The molecule has 30 heavy (non-hydrogen) atoms. The van der Waals surface area contributed by atoms with Crippen molar-refractivity contribution in [3.05, 3.63) is 17.0 Å². The van der Waals surface area contributed by atoms with Crippen LogP contribution >= 0.6 is 0 Å². The van der Waals surface area contributed by atoms with Crippen molar-refractivity contribution >= 4 is 17.7 Å². The van der Waals surface area contributed by atoms with E-state index in [2.05, 4.69) is 5.10 Å². The molecule has 0 spiro atoms. The van der Waals surface area contributed by atoms with Crippen LogP contribution in [-0.4, -0.2) is 88.6 Å². The van der Waals surface area contributed by atoms with E-state index in [4.69, 9.17) is 4.74 Å². The van der Waals surface area contributed by atoms with E-state index >= 15 is 0 Å². The normalized spacial score (nSPS) is 18.9. The topological polar surface area (TPSA) is 88.0 Å². The van der Waals surface area contributed by atoms with Gasteiger partial charge in [0.1, 0.15) is 6.61 Å². The third-order valence-electron chi connectivity index (χ3n) is 6.20. The van der Waals surface area contributed by atoms with Crippen molar-refractivity contribution in [1.29, 1.82) is 0 Å². The molecule has 1 saturated heterocycles. The van der Waals surface area contributed by atoms with Gasteiger partial charge in [0.25, 0.3) is 5.91 Å². The summed E-state index contributed by atoms with van der Waals surface area (Å²) >= 11 is 0. The SMILES string of the molecule is CCN(CC)C(=O)[C@@H]1CCCN(C(=O)c2nn(C)c3c2CN(C(=O)COC)CC3)C1. The fraction of sp³-hybridized carbons (Fsp3) is 0.714. The summed E-state index contributed by atoms with van der Waals surface area (Å²) in [4.78, 5) is 43.7. The Bertz CT molecular complexity index is 802. The van der Waals surface area contributed by atoms with E-state index in [1.165, 1.54) is 7.11 Å². The van der Waals surface area contributed by atoms with Gasteiger partial charge in [-0.05, 0) is 26.7 Å². The summed E-state index contributed by atoms with van der Waals surface area (Å²) < 4.78 is 6.72. The molecule has 9 heteroatoms. The van der Waals surface area contributed by atoms with Crippen molar-refractivity contribution in [1.82, 2.24) is 24.5 Å². The molecular formula is C21H33N5O4. The maximum Gasteiger partial charge on any atom is 0.274 e. The van der Waals surface area contributed by atoms with Crippen molar-refractivity contribution < 1.29 is 19.1 Å². The zero-order chi connectivity index (χ0) is 21.8. The van der Waals surface area contributed by atoms with E-state index < -0.39 is 0 Å². The quantitative estimate of drug-likeness (QED) is 0.676. The molecule has 3 amide bonds. The monoisotopic (exact) mass is 419 g/mol. The largest absolute Gasteiger partial charge is 0.375 e. The second-order valence-corrected chi connectivity index (χ2v) is 8.00. The number of hydrogen-bond acceptors (Lipinski definition) is 5. The van der Waals surface area contributed by atoms with Crippen LogP contribution in [-0.2, 0) is 34.3 Å². The highest BCUT2D eigenvalue weighted by atomic mass is 16.5. The molecule has 0 aromatic carbocycles. The first-order valence-corrected chi connectivity index (χ1v) is 10.8. The molecule has 0 saturated carbocycles. The van der Waals surface area contributed by atoms with Crippen LogP contribution in [0.3, 0.4) is 0 Å². The van der Waals surface area contributed by atoms with Gasteiger partial charge in [0.15, 0.2) is 5.69 Å².